The van der Waals surface area contributed by atoms with Crippen molar-refractivity contribution < 1.29 is 14.3 Å². The van der Waals surface area contributed by atoms with Crippen LogP contribution in [0.25, 0.3) is 0 Å². The molecule has 0 heterocycles. The van der Waals surface area contributed by atoms with Gasteiger partial charge in [0.05, 0.1) is 5.56 Å². The number of nitrogens with one attached hydrogen (secondary N) is 2. The summed E-state index contributed by atoms with van der Waals surface area (Å²) in [5, 5.41) is 14.1. The van der Waals surface area contributed by atoms with E-state index in [-0.39, 0.29) is 18.4 Å². The van der Waals surface area contributed by atoms with Gasteiger partial charge in [-0.25, -0.2) is 0 Å². The average Bonchev–Trinajstić information content (AvgIpc) is 2.60. The van der Waals surface area contributed by atoms with Crippen LogP contribution in [0.2, 0.25) is 0 Å². The quantitative estimate of drug-likeness (QED) is 0.883. The number of hydrogen-bond acceptors (Lipinski definition) is 4. The standard InChI is InChI=1S/C17H15N3O3/c1-19-17(22)12-6-8-14(9-7-12)20-16(21)11-23-15-5-3-2-4-13(15)10-18/h2-9H,11H2,1H3,(H,19,22)(H,20,21). The van der Waals surface area contributed by atoms with Gasteiger partial charge in [-0.3, -0.25) is 9.59 Å². The van der Waals surface area contributed by atoms with E-state index in [1.54, 1.807) is 55.6 Å². The molecule has 6 nitrogen and oxygen atoms in total. The molecular weight excluding hydrogens is 294 g/mol. The van der Waals surface area contributed by atoms with E-state index < -0.39 is 0 Å². The summed E-state index contributed by atoms with van der Waals surface area (Å²) in [5.41, 5.74) is 1.43. The van der Waals surface area contributed by atoms with E-state index in [1.165, 1.54) is 0 Å². The maximum Gasteiger partial charge on any atom is 0.262 e. The topological polar surface area (TPSA) is 91.2 Å². The second-order valence-corrected chi connectivity index (χ2v) is 4.60. The Hall–Kier alpha value is -3.33. The van der Waals surface area contributed by atoms with Gasteiger partial charge in [-0.15, -0.1) is 0 Å². The molecule has 116 valence electrons. The fourth-order valence-electron chi connectivity index (χ4n) is 1.87. The monoisotopic (exact) mass is 309 g/mol. The first-order valence-electron chi connectivity index (χ1n) is 6.88. The summed E-state index contributed by atoms with van der Waals surface area (Å²) in [6, 6.07) is 15.2. The summed E-state index contributed by atoms with van der Waals surface area (Å²) in [6.45, 7) is -0.212. The summed E-state index contributed by atoms with van der Waals surface area (Å²) < 4.78 is 5.34. The third kappa shape index (κ3) is 4.32. The number of nitriles is 1. The molecule has 0 aliphatic heterocycles. The highest BCUT2D eigenvalue weighted by molar-refractivity contribution is 5.95. The van der Waals surface area contributed by atoms with E-state index >= 15 is 0 Å². The molecule has 6 heteroatoms. The van der Waals surface area contributed by atoms with Gasteiger partial charge in [0, 0.05) is 18.3 Å². The lowest BCUT2D eigenvalue weighted by Gasteiger charge is -2.09. The lowest BCUT2D eigenvalue weighted by atomic mass is 10.2. The lowest BCUT2D eigenvalue weighted by molar-refractivity contribution is -0.118. The minimum absolute atomic E-state index is 0.195. The fraction of sp³-hybridized carbons (Fsp3) is 0.118. The van der Waals surface area contributed by atoms with Gasteiger partial charge in [-0.2, -0.15) is 5.26 Å². The van der Waals surface area contributed by atoms with Gasteiger partial charge in [0.1, 0.15) is 11.8 Å². The predicted octanol–water partition coefficient (Wildman–Crippen LogP) is 1.94. The Morgan fingerprint density at radius 3 is 2.48 bits per heavy atom. The number of anilines is 1. The van der Waals surface area contributed by atoms with Crippen LogP contribution >= 0.6 is 0 Å². The van der Waals surface area contributed by atoms with E-state index in [0.717, 1.165) is 0 Å². The number of nitrogens with zero attached hydrogens (tertiary/aromatic N) is 1. The highest BCUT2D eigenvalue weighted by atomic mass is 16.5. The number of rotatable bonds is 5. The van der Waals surface area contributed by atoms with Crippen LogP contribution in [0.5, 0.6) is 5.75 Å². The molecule has 2 rings (SSSR count). The molecule has 2 aromatic carbocycles. The Labute approximate surface area is 133 Å². The molecule has 0 unspecified atom stereocenters. The zero-order valence-electron chi connectivity index (χ0n) is 12.5. The Kier molecular flexibility index (Phi) is 5.31. The summed E-state index contributed by atoms with van der Waals surface area (Å²) in [7, 11) is 1.55. The first kappa shape index (κ1) is 16.0. The van der Waals surface area contributed by atoms with Crippen molar-refractivity contribution >= 4 is 17.5 Å². The molecule has 2 N–H and O–H groups in total. The largest absolute Gasteiger partial charge is 0.482 e. The SMILES string of the molecule is CNC(=O)c1ccc(NC(=O)COc2ccccc2C#N)cc1. The summed E-state index contributed by atoms with van der Waals surface area (Å²) in [6.07, 6.45) is 0. The van der Waals surface area contributed by atoms with Crippen LogP contribution in [0.15, 0.2) is 48.5 Å². The number of hydrogen-bond donors (Lipinski definition) is 2. The second-order valence-electron chi connectivity index (χ2n) is 4.60. The molecule has 0 aromatic heterocycles. The minimum Gasteiger partial charge on any atom is -0.482 e. The molecule has 0 spiro atoms. The Morgan fingerprint density at radius 1 is 1.13 bits per heavy atom. The van der Waals surface area contributed by atoms with Gasteiger partial charge in [0.15, 0.2) is 6.61 Å². The van der Waals surface area contributed by atoms with Gasteiger partial charge in [-0.1, -0.05) is 12.1 Å². The number of carbonyl (C=O) groups is 2. The van der Waals surface area contributed by atoms with Crippen molar-refractivity contribution in [2.75, 3.05) is 19.0 Å². The molecule has 0 aliphatic rings. The maximum absolute atomic E-state index is 11.9. The van der Waals surface area contributed by atoms with Crippen molar-refractivity contribution in [2.45, 2.75) is 0 Å². The third-order valence-corrected chi connectivity index (χ3v) is 3.02. The van der Waals surface area contributed by atoms with Gasteiger partial charge in [-0.05, 0) is 36.4 Å². The van der Waals surface area contributed by atoms with Crippen LogP contribution in [-0.2, 0) is 4.79 Å². The first-order chi connectivity index (χ1) is 11.1. The molecule has 0 fully saturated rings. The van der Waals surface area contributed by atoms with Crippen molar-refractivity contribution in [1.82, 2.24) is 5.32 Å². The lowest BCUT2D eigenvalue weighted by Crippen LogP contribution is -2.21. The highest BCUT2D eigenvalue weighted by Crippen LogP contribution is 2.16. The fourth-order valence-corrected chi connectivity index (χ4v) is 1.87. The van der Waals surface area contributed by atoms with Crippen molar-refractivity contribution in [3.05, 3.63) is 59.7 Å². The van der Waals surface area contributed by atoms with Crippen LogP contribution in [0, 0.1) is 11.3 Å². The van der Waals surface area contributed by atoms with Crippen LogP contribution in [0.3, 0.4) is 0 Å². The minimum atomic E-state index is -0.356. The van der Waals surface area contributed by atoms with Gasteiger partial charge < -0.3 is 15.4 Å². The van der Waals surface area contributed by atoms with Crippen LogP contribution < -0.4 is 15.4 Å². The van der Waals surface area contributed by atoms with Crippen molar-refractivity contribution in [3.63, 3.8) is 0 Å². The predicted molar refractivity (Wildman–Crippen MR) is 85.1 cm³/mol. The molecule has 0 aliphatic carbocycles. The van der Waals surface area contributed by atoms with Crippen molar-refractivity contribution in [3.8, 4) is 11.8 Å². The molecule has 23 heavy (non-hydrogen) atoms. The maximum atomic E-state index is 11.9. The van der Waals surface area contributed by atoms with Crippen LogP contribution in [0.1, 0.15) is 15.9 Å². The van der Waals surface area contributed by atoms with E-state index in [4.69, 9.17) is 10.00 Å². The van der Waals surface area contributed by atoms with E-state index in [2.05, 4.69) is 10.6 Å². The number of benzene rings is 2. The van der Waals surface area contributed by atoms with E-state index in [0.29, 0.717) is 22.6 Å². The van der Waals surface area contributed by atoms with E-state index in [9.17, 15) is 9.59 Å². The number of para-hydroxylation sites is 1. The number of ether oxygens (including phenoxy) is 1. The summed E-state index contributed by atoms with van der Waals surface area (Å²) >= 11 is 0. The van der Waals surface area contributed by atoms with Crippen LogP contribution in [0.4, 0.5) is 5.69 Å². The van der Waals surface area contributed by atoms with Crippen LogP contribution in [-0.4, -0.2) is 25.5 Å². The molecule has 0 radical (unpaired) electrons. The Bertz CT molecular complexity index is 748. The van der Waals surface area contributed by atoms with Gasteiger partial charge in [0.25, 0.3) is 11.8 Å². The molecular formula is C17H15N3O3. The first-order valence-corrected chi connectivity index (χ1v) is 6.88. The van der Waals surface area contributed by atoms with Crippen molar-refractivity contribution in [1.29, 1.82) is 5.26 Å². The number of amides is 2. The smallest absolute Gasteiger partial charge is 0.262 e. The second kappa shape index (κ2) is 7.61. The number of carbonyl (C=O) groups excluding carboxylic acids is 2. The molecule has 2 amide bonds. The Morgan fingerprint density at radius 2 is 1.83 bits per heavy atom. The third-order valence-electron chi connectivity index (χ3n) is 3.02. The van der Waals surface area contributed by atoms with E-state index in [1.807, 2.05) is 6.07 Å². The molecule has 0 saturated carbocycles. The summed E-state index contributed by atoms with van der Waals surface area (Å²) in [4.78, 5) is 23.3. The average molecular weight is 309 g/mol. The molecule has 0 atom stereocenters. The normalized spacial score (nSPS) is 9.57. The van der Waals surface area contributed by atoms with Gasteiger partial charge in [0.2, 0.25) is 0 Å². The van der Waals surface area contributed by atoms with Crippen molar-refractivity contribution in [2.24, 2.45) is 0 Å². The molecule has 0 bridgehead atoms. The zero-order chi connectivity index (χ0) is 16.7. The molecule has 2 aromatic rings. The molecule has 0 saturated heterocycles. The van der Waals surface area contributed by atoms with Gasteiger partial charge >= 0.3 is 0 Å². The summed E-state index contributed by atoms with van der Waals surface area (Å²) in [5.74, 6) is -0.190. The Balaban J connectivity index is 1.92. The highest BCUT2D eigenvalue weighted by Gasteiger charge is 2.08. The zero-order valence-corrected chi connectivity index (χ0v) is 12.5.